The molecule has 1 unspecified atom stereocenters. The van der Waals surface area contributed by atoms with E-state index in [1.807, 2.05) is 11.8 Å². The Balaban J connectivity index is 1.86. The Morgan fingerprint density at radius 2 is 2.30 bits per heavy atom. The second kappa shape index (κ2) is 7.14. The van der Waals surface area contributed by atoms with Crippen LogP contribution in [0.5, 0.6) is 0 Å². The number of aromatic carboxylic acids is 1. The molecule has 20 heavy (non-hydrogen) atoms. The Morgan fingerprint density at radius 1 is 1.45 bits per heavy atom. The third kappa shape index (κ3) is 4.12. The van der Waals surface area contributed by atoms with Crippen LogP contribution >= 0.6 is 11.8 Å². The monoisotopic (exact) mass is 295 g/mol. The second-order valence-electron chi connectivity index (χ2n) is 4.53. The maximum Gasteiger partial charge on any atom is 0.356 e. The third-order valence-electron chi connectivity index (χ3n) is 3.02. The zero-order chi connectivity index (χ0) is 14.4. The molecule has 1 fully saturated rings. The SMILES string of the molecule is O=C(NCC1CCCCS1)Nc1cccnc1C(=O)O. The summed E-state index contributed by atoms with van der Waals surface area (Å²) >= 11 is 1.87. The molecule has 2 amide bonds. The Morgan fingerprint density at radius 3 is 3.00 bits per heavy atom. The van der Waals surface area contributed by atoms with Crippen LogP contribution in [0.3, 0.4) is 0 Å². The van der Waals surface area contributed by atoms with Gasteiger partial charge in [-0.1, -0.05) is 6.42 Å². The van der Waals surface area contributed by atoms with Gasteiger partial charge in [-0.3, -0.25) is 0 Å². The van der Waals surface area contributed by atoms with Crippen LogP contribution in [-0.4, -0.2) is 39.6 Å². The molecular formula is C13H17N3O3S. The molecular weight excluding hydrogens is 278 g/mol. The lowest BCUT2D eigenvalue weighted by Crippen LogP contribution is -2.35. The molecule has 0 bridgehead atoms. The molecule has 2 rings (SSSR count). The number of carbonyl (C=O) groups is 2. The first-order valence-corrected chi connectivity index (χ1v) is 7.56. The number of carboxylic acid groups (broad SMARTS) is 1. The Kier molecular flexibility index (Phi) is 5.23. The van der Waals surface area contributed by atoms with Crippen molar-refractivity contribution in [2.75, 3.05) is 17.6 Å². The van der Waals surface area contributed by atoms with Gasteiger partial charge in [0.15, 0.2) is 5.69 Å². The number of nitrogens with one attached hydrogen (secondary N) is 2. The maximum absolute atomic E-state index is 11.8. The molecule has 0 spiro atoms. The molecule has 2 heterocycles. The fourth-order valence-electron chi connectivity index (χ4n) is 2.02. The number of urea groups is 1. The van der Waals surface area contributed by atoms with Gasteiger partial charge in [0.1, 0.15) is 0 Å². The molecule has 6 nitrogen and oxygen atoms in total. The average Bonchev–Trinajstić information content (AvgIpc) is 2.46. The van der Waals surface area contributed by atoms with E-state index >= 15 is 0 Å². The van der Waals surface area contributed by atoms with Crippen molar-refractivity contribution in [3.63, 3.8) is 0 Å². The van der Waals surface area contributed by atoms with E-state index in [4.69, 9.17) is 5.11 Å². The minimum Gasteiger partial charge on any atom is -0.476 e. The molecule has 108 valence electrons. The number of carbonyl (C=O) groups excluding carboxylic acids is 1. The molecule has 0 radical (unpaired) electrons. The molecule has 3 N–H and O–H groups in total. The van der Waals surface area contributed by atoms with Gasteiger partial charge in [-0.25, -0.2) is 14.6 Å². The van der Waals surface area contributed by atoms with E-state index in [0.29, 0.717) is 11.8 Å². The van der Waals surface area contributed by atoms with Crippen molar-refractivity contribution < 1.29 is 14.7 Å². The lowest BCUT2D eigenvalue weighted by molar-refractivity contribution is 0.0692. The van der Waals surface area contributed by atoms with Crippen LogP contribution in [0.15, 0.2) is 18.3 Å². The molecule has 1 aliphatic rings. The normalized spacial score (nSPS) is 18.3. The van der Waals surface area contributed by atoms with Crippen molar-refractivity contribution in [1.82, 2.24) is 10.3 Å². The number of nitrogens with zero attached hydrogens (tertiary/aromatic N) is 1. The topological polar surface area (TPSA) is 91.3 Å². The van der Waals surface area contributed by atoms with Crippen molar-refractivity contribution >= 4 is 29.4 Å². The van der Waals surface area contributed by atoms with Crippen LogP contribution in [0.25, 0.3) is 0 Å². The summed E-state index contributed by atoms with van der Waals surface area (Å²) in [6.45, 7) is 0.596. The minimum absolute atomic E-state index is 0.158. The van der Waals surface area contributed by atoms with Crippen LogP contribution in [0.2, 0.25) is 0 Å². The molecule has 7 heteroatoms. The highest BCUT2D eigenvalue weighted by Gasteiger charge is 2.16. The maximum atomic E-state index is 11.8. The van der Waals surface area contributed by atoms with Gasteiger partial charge in [-0.15, -0.1) is 0 Å². The van der Waals surface area contributed by atoms with E-state index in [9.17, 15) is 9.59 Å². The van der Waals surface area contributed by atoms with E-state index in [0.717, 1.165) is 12.2 Å². The summed E-state index contributed by atoms with van der Waals surface area (Å²) in [4.78, 5) is 26.5. The summed E-state index contributed by atoms with van der Waals surface area (Å²) in [6.07, 6.45) is 4.93. The smallest absolute Gasteiger partial charge is 0.356 e. The molecule has 0 aromatic carbocycles. The van der Waals surface area contributed by atoms with Crippen molar-refractivity contribution in [3.05, 3.63) is 24.0 Å². The van der Waals surface area contributed by atoms with Crippen molar-refractivity contribution in [2.45, 2.75) is 24.5 Å². The van der Waals surface area contributed by atoms with Crippen molar-refractivity contribution in [1.29, 1.82) is 0 Å². The lowest BCUT2D eigenvalue weighted by Gasteiger charge is -2.21. The first-order chi connectivity index (χ1) is 9.66. The Hall–Kier alpha value is -1.76. The Labute approximate surface area is 121 Å². The highest BCUT2D eigenvalue weighted by Crippen LogP contribution is 2.24. The van der Waals surface area contributed by atoms with Gasteiger partial charge in [0.25, 0.3) is 0 Å². The molecule has 1 aliphatic heterocycles. The summed E-state index contributed by atoms with van der Waals surface area (Å²) in [7, 11) is 0. The number of hydrogen-bond donors (Lipinski definition) is 3. The largest absolute Gasteiger partial charge is 0.476 e. The third-order valence-corrected chi connectivity index (χ3v) is 4.42. The van der Waals surface area contributed by atoms with Crippen LogP contribution in [0.1, 0.15) is 29.8 Å². The molecule has 0 aliphatic carbocycles. The first kappa shape index (κ1) is 14.6. The van der Waals surface area contributed by atoms with Crippen LogP contribution in [0, 0.1) is 0 Å². The quantitative estimate of drug-likeness (QED) is 0.792. The summed E-state index contributed by atoms with van der Waals surface area (Å²) in [5.74, 6) is -0.0246. The summed E-state index contributed by atoms with van der Waals surface area (Å²) < 4.78 is 0. The first-order valence-electron chi connectivity index (χ1n) is 6.51. The van der Waals surface area contributed by atoms with Gasteiger partial charge in [0, 0.05) is 18.0 Å². The number of rotatable bonds is 4. The fourth-order valence-corrected chi connectivity index (χ4v) is 3.26. The summed E-state index contributed by atoms with van der Waals surface area (Å²) in [5, 5.41) is 14.7. The number of thioether (sulfide) groups is 1. The molecule has 0 saturated carbocycles. The number of carboxylic acids is 1. The summed E-state index contributed by atoms with van der Waals surface area (Å²) in [5.41, 5.74) is 0.0449. The average molecular weight is 295 g/mol. The van der Waals surface area contributed by atoms with Gasteiger partial charge in [-0.2, -0.15) is 11.8 Å². The van der Waals surface area contributed by atoms with Crippen LogP contribution < -0.4 is 10.6 Å². The molecule has 1 aromatic rings. The second-order valence-corrected chi connectivity index (χ2v) is 5.94. The highest BCUT2D eigenvalue weighted by molar-refractivity contribution is 7.99. The standard InChI is InChI=1S/C13H17N3O3S/c17-12(18)11-10(5-3-6-14-11)16-13(19)15-8-9-4-1-2-7-20-9/h3,5-6,9H,1-2,4,7-8H2,(H,17,18)(H2,15,16,19). The van der Waals surface area contributed by atoms with Crippen LogP contribution in [-0.2, 0) is 0 Å². The molecule has 1 saturated heterocycles. The number of hydrogen-bond acceptors (Lipinski definition) is 4. The van der Waals surface area contributed by atoms with E-state index in [1.165, 1.54) is 25.1 Å². The van der Waals surface area contributed by atoms with E-state index in [1.54, 1.807) is 6.07 Å². The van der Waals surface area contributed by atoms with E-state index < -0.39 is 12.0 Å². The van der Waals surface area contributed by atoms with E-state index in [2.05, 4.69) is 15.6 Å². The number of amides is 2. The van der Waals surface area contributed by atoms with Crippen molar-refractivity contribution in [2.24, 2.45) is 0 Å². The van der Waals surface area contributed by atoms with Crippen LogP contribution in [0.4, 0.5) is 10.5 Å². The minimum atomic E-state index is -1.16. The summed E-state index contributed by atoms with van der Waals surface area (Å²) in [6, 6.07) is 2.71. The van der Waals surface area contributed by atoms with Gasteiger partial charge < -0.3 is 15.7 Å². The fraction of sp³-hybridized carbons (Fsp3) is 0.462. The van der Waals surface area contributed by atoms with Gasteiger partial charge in [0.05, 0.1) is 5.69 Å². The number of anilines is 1. The van der Waals surface area contributed by atoms with Gasteiger partial charge in [0.2, 0.25) is 0 Å². The van der Waals surface area contributed by atoms with Gasteiger partial charge >= 0.3 is 12.0 Å². The zero-order valence-electron chi connectivity index (χ0n) is 11.0. The Bertz CT molecular complexity index is 490. The van der Waals surface area contributed by atoms with Crippen molar-refractivity contribution in [3.8, 4) is 0 Å². The number of pyridine rings is 1. The number of aromatic nitrogens is 1. The van der Waals surface area contributed by atoms with E-state index in [-0.39, 0.29) is 11.4 Å². The predicted octanol–water partition coefficient (Wildman–Crippen LogP) is 2.19. The zero-order valence-corrected chi connectivity index (χ0v) is 11.8. The lowest BCUT2D eigenvalue weighted by atomic mass is 10.2. The van der Waals surface area contributed by atoms with Gasteiger partial charge in [-0.05, 0) is 30.7 Å². The highest BCUT2D eigenvalue weighted by atomic mass is 32.2. The molecule has 1 atom stereocenters. The molecule has 1 aromatic heterocycles. The predicted molar refractivity (Wildman–Crippen MR) is 78.3 cm³/mol.